The van der Waals surface area contributed by atoms with Gasteiger partial charge in [0.25, 0.3) is 0 Å². The molecule has 3 aromatic rings. The Labute approximate surface area is 122 Å². The summed E-state index contributed by atoms with van der Waals surface area (Å²) in [6, 6.07) is 6.27. The number of hydrogen-bond acceptors (Lipinski definition) is 3. The summed E-state index contributed by atoms with van der Waals surface area (Å²) in [5, 5.41) is 8.52. The molecule has 0 bridgehead atoms. The van der Waals surface area contributed by atoms with E-state index in [0.29, 0.717) is 11.4 Å². The molecule has 0 saturated carbocycles. The fourth-order valence-electron chi connectivity index (χ4n) is 1.92. The van der Waals surface area contributed by atoms with E-state index < -0.39 is 11.6 Å². The number of halogens is 2. The number of rotatable bonds is 2. The SMILES string of the molecule is Cc1ccc(F)c(-n2c(-c3cccs3)n[nH]c2=S)c1F. The lowest BCUT2D eigenvalue weighted by Gasteiger charge is -2.09. The molecule has 0 atom stereocenters. The molecule has 0 fully saturated rings. The lowest BCUT2D eigenvalue weighted by molar-refractivity contribution is 0.563. The lowest BCUT2D eigenvalue weighted by Crippen LogP contribution is -2.05. The van der Waals surface area contributed by atoms with Crippen LogP contribution in [0.1, 0.15) is 5.56 Å². The number of aromatic nitrogens is 3. The Morgan fingerprint density at radius 2 is 2.10 bits per heavy atom. The second-order valence-corrected chi connectivity index (χ2v) is 5.53. The average molecular weight is 309 g/mol. The van der Waals surface area contributed by atoms with Gasteiger partial charge in [-0.3, -0.25) is 9.67 Å². The van der Waals surface area contributed by atoms with Crippen LogP contribution in [0.3, 0.4) is 0 Å². The largest absolute Gasteiger partial charge is 0.261 e. The zero-order valence-electron chi connectivity index (χ0n) is 10.4. The lowest BCUT2D eigenvalue weighted by atomic mass is 10.2. The predicted molar refractivity (Wildman–Crippen MR) is 76.7 cm³/mol. The Morgan fingerprint density at radius 3 is 2.80 bits per heavy atom. The van der Waals surface area contributed by atoms with E-state index in [4.69, 9.17) is 12.2 Å². The van der Waals surface area contributed by atoms with E-state index in [2.05, 4.69) is 10.2 Å². The topological polar surface area (TPSA) is 33.6 Å². The van der Waals surface area contributed by atoms with Gasteiger partial charge in [0.15, 0.2) is 16.4 Å². The molecule has 0 aliphatic rings. The monoisotopic (exact) mass is 309 g/mol. The van der Waals surface area contributed by atoms with E-state index in [1.54, 1.807) is 6.92 Å². The van der Waals surface area contributed by atoms with Gasteiger partial charge in [-0.2, -0.15) is 5.10 Å². The minimum atomic E-state index is -0.677. The van der Waals surface area contributed by atoms with Crippen molar-refractivity contribution < 1.29 is 8.78 Å². The van der Waals surface area contributed by atoms with Gasteiger partial charge in [0.05, 0.1) is 4.88 Å². The molecule has 20 heavy (non-hydrogen) atoms. The Hall–Kier alpha value is -1.86. The van der Waals surface area contributed by atoms with Gasteiger partial charge in [0, 0.05) is 0 Å². The molecule has 102 valence electrons. The highest BCUT2D eigenvalue weighted by molar-refractivity contribution is 7.71. The van der Waals surface area contributed by atoms with Crippen LogP contribution < -0.4 is 0 Å². The molecule has 0 spiro atoms. The molecule has 0 radical (unpaired) electrons. The Morgan fingerprint density at radius 1 is 1.30 bits per heavy atom. The van der Waals surface area contributed by atoms with Crippen molar-refractivity contribution in [3.05, 3.63) is 51.6 Å². The number of aromatic amines is 1. The highest BCUT2D eigenvalue weighted by Gasteiger charge is 2.19. The number of nitrogens with one attached hydrogen (secondary N) is 1. The molecular weight excluding hydrogens is 300 g/mol. The molecule has 1 aromatic carbocycles. The molecule has 0 unspecified atom stereocenters. The minimum Gasteiger partial charge on any atom is -0.261 e. The van der Waals surface area contributed by atoms with Gasteiger partial charge in [-0.1, -0.05) is 12.1 Å². The summed E-state index contributed by atoms with van der Waals surface area (Å²) in [4.78, 5) is 0.776. The van der Waals surface area contributed by atoms with Crippen molar-refractivity contribution in [1.29, 1.82) is 0 Å². The van der Waals surface area contributed by atoms with Gasteiger partial charge in [-0.15, -0.1) is 11.3 Å². The standard InChI is InChI=1S/C13H9F2N3S2/c1-7-4-5-8(14)11(10(7)15)18-12(16-17-13(18)19)9-3-2-6-20-9/h2-6H,1H3,(H,17,19). The zero-order valence-corrected chi connectivity index (χ0v) is 12.0. The summed E-state index contributed by atoms with van der Waals surface area (Å²) in [6.07, 6.45) is 0. The first-order valence-electron chi connectivity index (χ1n) is 5.76. The highest BCUT2D eigenvalue weighted by Crippen LogP contribution is 2.28. The fraction of sp³-hybridized carbons (Fsp3) is 0.0769. The molecule has 0 saturated heterocycles. The molecule has 0 aliphatic carbocycles. The quantitative estimate of drug-likeness (QED) is 0.718. The number of H-pyrrole nitrogens is 1. The molecule has 0 amide bonds. The maximum absolute atomic E-state index is 14.3. The smallest absolute Gasteiger partial charge is 0.200 e. The van der Waals surface area contributed by atoms with Crippen LogP contribution >= 0.6 is 23.6 Å². The highest BCUT2D eigenvalue weighted by atomic mass is 32.1. The van der Waals surface area contributed by atoms with Crippen molar-refractivity contribution in [2.75, 3.05) is 0 Å². The van der Waals surface area contributed by atoms with Crippen LogP contribution in [0.15, 0.2) is 29.6 Å². The van der Waals surface area contributed by atoms with E-state index in [1.807, 2.05) is 17.5 Å². The third-order valence-electron chi connectivity index (χ3n) is 2.90. The molecule has 3 rings (SSSR count). The van der Waals surface area contributed by atoms with Gasteiger partial charge in [0.2, 0.25) is 0 Å². The summed E-state index contributed by atoms with van der Waals surface area (Å²) < 4.78 is 29.8. The zero-order chi connectivity index (χ0) is 14.3. The molecule has 7 heteroatoms. The van der Waals surface area contributed by atoms with Crippen molar-refractivity contribution in [1.82, 2.24) is 14.8 Å². The van der Waals surface area contributed by atoms with Crippen LogP contribution in [0.5, 0.6) is 0 Å². The molecule has 3 nitrogen and oxygen atoms in total. The molecule has 1 N–H and O–H groups in total. The van der Waals surface area contributed by atoms with E-state index in [1.165, 1.54) is 28.0 Å². The molecule has 2 heterocycles. The van der Waals surface area contributed by atoms with Gasteiger partial charge in [-0.25, -0.2) is 8.78 Å². The van der Waals surface area contributed by atoms with Crippen LogP contribution in [0.25, 0.3) is 16.4 Å². The van der Waals surface area contributed by atoms with E-state index in [0.717, 1.165) is 4.88 Å². The van der Waals surface area contributed by atoms with Crippen molar-refractivity contribution >= 4 is 23.6 Å². The van der Waals surface area contributed by atoms with Gasteiger partial charge < -0.3 is 0 Å². The van der Waals surface area contributed by atoms with Crippen molar-refractivity contribution in [3.8, 4) is 16.4 Å². The summed E-state index contributed by atoms with van der Waals surface area (Å²) in [6.45, 7) is 1.58. The fourth-order valence-corrected chi connectivity index (χ4v) is 2.85. The number of hydrogen-bond donors (Lipinski definition) is 1. The van der Waals surface area contributed by atoms with Crippen molar-refractivity contribution in [2.45, 2.75) is 6.92 Å². The second kappa shape index (κ2) is 4.92. The first-order valence-corrected chi connectivity index (χ1v) is 7.04. The maximum Gasteiger partial charge on any atom is 0.200 e. The van der Waals surface area contributed by atoms with Crippen LogP contribution in [0.2, 0.25) is 0 Å². The summed E-state index contributed by atoms with van der Waals surface area (Å²) in [7, 11) is 0. The molecular formula is C13H9F2N3S2. The van der Waals surface area contributed by atoms with E-state index in [9.17, 15) is 8.78 Å². The summed E-state index contributed by atoms with van der Waals surface area (Å²) in [5.41, 5.74) is 0.147. The van der Waals surface area contributed by atoms with Gasteiger partial charge in [0.1, 0.15) is 11.5 Å². The minimum absolute atomic E-state index is 0.150. The van der Waals surface area contributed by atoms with E-state index in [-0.39, 0.29) is 10.5 Å². The molecule has 0 aliphatic heterocycles. The first-order chi connectivity index (χ1) is 9.59. The van der Waals surface area contributed by atoms with Gasteiger partial charge in [-0.05, 0) is 42.2 Å². The number of benzene rings is 1. The third kappa shape index (κ3) is 1.99. The van der Waals surface area contributed by atoms with Crippen molar-refractivity contribution in [2.24, 2.45) is 0 Å². The third-order valence-corrected chi connectivity index (χ3v) is 4.04. The normalized spacial score (nSPS) is 10.9. The van der Waals surface area contributed by atoms with E-state index >= 15 is 0 Å². The van der Waals surface area contributed by atoms with Crippen LogP contribution in [-0.4, -0.2) is 14.8 Å². The first kappa shape index (κ1) is 13.1. The Bertz CT molecular complexity index is 819. The predicted octanol–water partition coefficient (Wildman–Crippen LogP) is 4.25. The van der Waals surface area contributed by atoms with Crippen molar-refractivity contribution in [3.63, 3.8) is 0 Å². The van der Waals surface area contributed by atoms with Crippen LogP contribution in [0, 0.1) is 23.3 Å². The van der Waals surface area contributed by atoms with Gasteiger partial charge >= 0.3 is 0 Å². The van der Waals surface area contributed by atoms with Crippen LogP contribution in [-0.2, 0) is 0 Å². The second-order valence-electron chi connectivity index (χ2n) is 4.19. The number of thiophene rings is 1. The Balaban J connectivity index is 2.35. The summed E-state index contributed by atoms with van der Waals surface area (Å²) >= 11 is 6.53. The maximum atomic E-state index is 14.3. The summed E-state index contributed by atoms with van der Waals surface area (Å²) in [5.74, 6) is -0.919. The number of nitrogens with zero attached hydrogens (tertiary/aromatic N) is 2. The average Bonchev–Trinajstić information content (AvgIpc) is 3.05. The Kier molecular flexibility index (Phi) is 3.23. The van der Waals surface area contributed by atoms with Crippen LogP contribution in [0.4, 0.5) is 8.78 Å². The molecule has 2 aromatic heterocycles. The number of aryl methyl sites for hydroxylation is 1.